The maximum absolute atomic E-state index is 6.11. The van der Waals surface area contributed by atoms with Gasteiger partial charge in [-0.3, -0.25) is 0 Å². The summed E-state index contributed by atoms with van der Waals surface area (Å²) in [7, 11) is 0. The number of benzene rings is 1. The van der Waals surface area contributed by atoms with Crippen molar-refractivity contribution in [2.75, 3.05) is 0 Å². The zero-order valence-corrected chi connectivity index (χ0v) is 9.98. The van der Waals surface area contributed by atoms with Gasteiger partial charge in [0, 0.05) is 22.1 Å². The summed E-state index contributed by atoms with van der Waals surface area (Å²) >= 11 is 6.11. The van der Waals surface area contributed by atoms with Crippen LogP contribution in [-0.2, 0) is 6.54 Å². The maximum atomic E-state index is 6.11. The van der Waals surface area contributed by atoms with E-state index in [0.29, 0.717) is 18.3 Å². The Labute approximate surface area is 103 Å². The van der Waals surface area contributed by atoms with Crippen molar-refractivity contribution in [1.82, 2.24) is 14.7 Å². The van der Waals surface area contributed by atoms with E-state index >= 15 is 0 Å². The van der Waals surface area contributed by atoms with E-state index in [-0.39, 0.29) is 0 Å². The van der Waals surface area contributed by atoms with Gasteiger partial charge in [0.25, 0.3) is 0 Å². The summed E-state index contributed by atoms with van der Waals surface area (Å²) in [6, 6.07) is 7.82. The largest absolute Gasteiger partial charge is 0.338 e. The zero-order valence-electron chi connectivity index (χ0n) is 9.22. The van der Waals surface area contributed by atoms with E-state index < -0.39 is 0 Å². The molecule has 0 aliphatic rings. The molecule has 0 spiro atoms. The average Bonchev–Trinajstić information content (AvgIpc) is 2.88. The van der Waals surface area contributed by atoms with Gasteiger partial charge in [-0.2, -0.15) is 4.98 Å². The van der Waals surface area contributed by atoms with Gasteiger partial charge in [0.2, 0.25) is 5.89 Å². The second-order valence-electron chi connectivity index (χ2n) is 3.85. The number of hydrogen-bond acceptors (Lipinski definition) is 3. The summed E-state index contributed by atoms with van der Waals surface area (Å²) < 4.78 is 7.14. The van der Waals surface area contributed by atoms with Gasteiger partial charge in [-0.25, -0.2) is 0 Å². The molecule has 0 radical (unpaired) electrons. The highest BCUT2D eigenvalue weighted by Crippen LogP contribution is 2.24. The minimum atomic E-state index is 0.560. The summed E-state index contributed by atoms with van der Waals surface area (Å²) in [6.07, 6.45) is 1.97. The second-order valence-corrected chi connectivity index (χ2v) is 4.26. The smallest absolute Gasteiger partial charge is 0.246 e. The fourth-order valence-electron chi connectivity index (χ4n) is 1.87. The minimum Gasteiger partial charge on any atom is -0.338 e. The van der Waals surface area contributed by atoms with Crippen molar-refractivity contribution in [3.8, 4) is 0 Å². The lowest BCUT2D eigenvalue weighted by Crippen LogP contribution is -1.97. The van der Waals surface area contributed by atoms with Crippen LogP contribution in [0.5, 0.6) is 0 Å². The summed E-state index contributed by atoms with van der Waals surface area (Å²) in [6.45, 7) is 2.36. The number of aryl methyl sites for hydroxylation is 1. The Morgan fingerprint density at radius 1 is 1.35 bits per heavy atom. The van der Waals surface area contributed by atoms with Gasteiger partial charge in [-0.15, -0.1) is 0 Å². The van der Waals surface area contributed by atoms with Crippen LogP contribution in [0.15, 0.2) is 35.0 Å². The van der Waals surface area contributed by atoms with Crippen LogP contribution in [0.1, 0.15) is 11.7 Å². The third-order valence-electron chi connectivity index (χ3n) is 2.64. The van der Waals surface area contributed by atoms with Crippen molar-refractivity contribution in [3.05, 3.63) is 47.2 Å². The van der Waals surface area contributed by atoms with Crippen molar-refractivity contribution in [1.29, 1.82) is 0 Å². The molecule has 5 heteroatoms. The highest BCUT2D eigenvalue weighted by atomic mass is 35.5. The van der Waals surface area contributed by atoms with E-state index in [9.17, 15) is 0 Å². The van der Waals surface area contributed by atoms with Gasteiger partial charge in [-0.1, -0.05) is 22.8 Å². The number of hydrogen-bond donors (Lipinski definition) is 0. The first-order chi connectivity index (χ1) is 8.24. The van der Waals surface area contributed by atoms with Crippen LogP contribution in [-0.4, -0.2) is 14.7 Å². The van der Waals surface area contributed by atoms with Gasteiger partial charge in [0.05, 0.1) is 0 Å². The standard InChI is InChI=1S/C12H10ClN3O/c1-8-14-12(17-15-8)7-16-6-5-9-10(13)3-2-4-11(9)16/h2-6H,7H2,1H3. The van der Waals surface area contributed by atoms with Crippen molar-refractivity contribution < 1.29 is 4.52 Å². The van der Waals surface area contributed by atoms with Crippen LogP contribution in [0.4, 0.5) is 0 Å². The lowest BCUT2D eigenvalue weighted by atomic mass is 10.2. The molecular weight excluding hydrogens is 238 g/mol. The van der Waals surface area contributed by atoms with Gasteiger partial charge in [0.15, 0.2) is 5.82 Å². The van der Waals surface area contributed by atoms with Crippen molar-refractivity contribution in [2.45, 2.75) is 13.5 Å². The number of fused-ring (bicyclic) bond motifs is 1. The first-order valence-corrected chi connectivity index (χ1v) is 5.64. The molecule has 4 nitrogen and oxygen atoms in total. The fourth-order valence-corrected chi connectivity index (χ4v) is 2.11. The molecule has 0 amide bonds. The van der Waals surface area contributed by atoms with Crippen LogP contribution >= 0.6 is 11.6 Å². The molecule has 0 aliphatic carbocycles. The quantitative estimate of drug-likeness (QED) is 0.699. The van der Waals surface area contributed by atoms with E-state index in [1.165, 1.54) is 0 Å². The third-order valence-corrected chi connectivity index (χ3v) is 2.97. The molecular formula is C12H10ClN3O. The number of nitrogens with zero attached hydrogens (tertiary/aromatic N) is 3. The topological polar surface area (TPSA) is 43.9 Å². The average molecular weight is 248 g/mol. The Morgan fingerprint density at radius 3 is 3.00 bits per heavy atom. The molecule has 0 N–H and O–H groups in total. The third kappa shape index (κ3) is 1.80. The SMILES string of the molecule is Cc1noc(Cn2ccc3c(Cl)cccc32)n1. The van der Waals surface area contributed by atoms with Gasteiger partial charge < -0.3 is 9.09 Å². The van der Waals surface area contributed by atoms with E-state index in [2.05, 4.69) is 10.1 Å². The minimum absolute atomic E-state index is 0.560. The van der Waals surface area contributed by atoms with Crippen molar-refractivity contribution >= 4 is 22.5 Å². The van der Waals surface area contributed by atoms with Crippen molar-refractivity contribution in [2.24, 2.45) is 0 Å². The Balaban J connectivity index is 2.04. The molecule has 0 atom stereocenters. The van der Waals surface area contributed by atoms with Crippen LogP contribution in [0, 0.1) is 6.92 Å². The van der Waals surface area contributed by atoms with E-state index in [1.54, 1.807) is 6.92 Å². The fraction of sp³-hybridized carbons (Fsp3) is 0.167. The molecule has 3 aromatic rings. The molecule has 2 heterocycles. The van der Waals surface area contributed by atoms with Crippen LogP contribution in [0.3, 0.4) is 0 Å². The normalized spacial score (nSPS) is 11.2. The Morgan fingerprint density at radius 2 is 2.24 bits per heavy atom. The lowest BCUT2D eigenvalue weighted by molar-refractivity contribution is 0.369. The molecule has 1 aromatic carbocycles. The summed E-state index contributed by atoms with van der Waals surface area (Å²) in [5.41, 5.74) is 1.06. The molecule has 0 aliphatic heterocycles. The van der Waals surface area contributed by atoms with Gasteiger partial charge in [-0.05, 0) is 25.1 Å². The van der Waals surface area contributed by atoms with Crippen molar-refractivity contribution in [3.63, 3.8) is 0 Å². The Kier molecular flexibility index (Phi) is 2.37. The van der Waals surface area contributed by atoms with Crippen LogP contribution < -0.4 is 0 Å². The number of rotatable bonds is 2. The predicted molar refractivity (Wildman–Crippen MR) is 65.1 cm³/mol. The number of halogens is 1. The van der Waals surface area contributed by atoms with Gasteiger partial charge >= 0.3 is 0 Å². The Hall–Kier alpha value is -1.81. The molecule has 3 rings (SSSR count). The van der Waals surface area contributed by atoms with Crippen LogP contribution in [0.25, 0.3) is 10.9 Å². The molecule has 0 unspecified atom stereocenters. The summed E-state index contributed by atoms with van der Waals surface area (Å²) in [5.74, 6) is 1.24. The van der Waals surface area contributed by atoms with E-state index in [1.807, 2.05) is 35.0 Å². The monoisotopic (exact) mass is 247 g/mol. The van der Waals surface area contributed by atoms with E-state index in [4.69, 9.17) is 16.1 Å². The second kappa shape index (κ2) is 3.89. The molecule has 86 valence electrons. The Bertz CT molecular complexity index is 671. The first kappa shape index (κ1) is 10.4. The first-order valence-electron chi connectivity index (χ1n) is 5.26. The molecule has 0 fully saturated rings. The molecule has 0 saturated carbocycles. The van der Waals surface area contributed by atoms with Crippen LogP contribution in [0.2, 0.25) is 5.02 Å². The highest BCUT2D eigenvalue weighted by molar-refractivity contribution is 6.35. The lowest BCUT2D eigenvalue weighted by Gasteiger charge is -2.01. The summed E-state index contributed by atoms with van der Waals surface area (Å²) in [4.78, 5) is 4.18. The van der Waals surface area contributed by atoms with E-state index in [0.717, 1.165) is 15.9 Å². The number of aromatic nitrogens is 3. The molecule has 0 bridgehead atoms. The zero-order chi connectivity index (χ0) is 11.8. The molecule has 2 aromatic heterocycles. The maximum Gasteiger partial charge on any atom is 0.246 e. The van der Waals surface area contributed by atoms with Gasteiger partial charge in [0.1, 0.15) is 6.54 Å². The predicted octanol–water partition coefficient (Wildman–Crippen LogP) is 3.03. The summed E-state index contributed by atoms with van der Waals surface area (Å²) in [5, 5.41) is 5.55. The molecule has 0 saturated heterocycles. The molecule has 17 heavy (non-hydrogen) atoms. The highest BCUT2D eigenvalue weighted by Gasteiger charge is 2.07.